The number of carbonyl (C=O) groups is 2. The number of para-hydroxylation sites is 1. The number of nitrogens with one attached hydrogen (secondary N) is 1. The predicted molar refractivity (Wildman–Crippen MR) is 75.6 cm³/mol. The molecule has 1 aromatic carbocycles. The van der Waals surface area contributed by atoms with Gasteiger partial charge in [-0.15, -0.1) is 0 Å². The van der Waals surface area contributed by atoms with Gasteiger partial charge >= 0.3 is 5.97 Å². The van der Waals surface area contributed by atoms with E-state index < -0.39 is 12.1 Å². The molecule has 0 bridgehead atoms. The van der Waals surface area contributed by atoms with Crippen LogP contribution in [0.15, 0.2) is 30.3 Å². The van der Waals surface area contributed by atoms with Crippen molar-refractivity contribution in [1.29, 1.82) is 0 Å². The summed E-state index contributed by atoms with van der Waals surface area (Å²) in [6, 6.07) is 9.08. The molecular formula is C15H21NO4. The summed E-state index contributed by atoms with van der Waals surface area (Å²) in [5.74, 6) is -0.366. The fourth-order valence-electron chi connectivity index (χ4n) is 1.75. The van der Waals surface area contributed by atoms with E-state index in [-0.39, 0.29) is 18.4 Å². The summed E-state index contributed by atoms with van der Waals surface area (Å²) in [6.45, 7) is 3.54. The highest BCUT2D eigenvalue weighted by atomic mass is 16.5. The van der Waals surface area contributed by atoms with Gasteiger partial charge in [0.05, 0.1) is 0 Å². The molecule has 0 heterocycles. The van der Waals surface area contributed by atoms with E-state index in [4.69, 9.17) is 9.84 Å². The summed E-state index contributed by atoms with van der Waals surface area (Å²) in [5, 5.41) is 11.4. The Hall–Kier alpha value is -2.04. The number of carboxylic acids is 1. The van der Waals surface area contributed by atoms with E-state index in [1.807, 2.05) is 25.1 Å². The first-order valence-electron chi connectivity index (χ1n) is 6.73. The Morgan fingerprint density at radius 2 is 1.90 bits per heavy atom. The van der Waals surface area contributed by atoms with Gasteiger partial charge in [-0.25, -0.2) is 0 Å². The van der Waals surface area contributed by atoms with Gasteiger partial charge in [0.2, 0.25) is 0 Å². The molecule has 1 rings (SSSR count). The van der Waals surface area contributed by atoms with Gasteiger partial charge in [-0.2, -0.15) is 0 Å². The Morgan fingerprint density at radius 3 is 2.50 bits per heavy atom. The first-order chi connectivity index (χ1) is 9.49. The Labute approximate surface area is 118 Å². The van der Waals surface area contributed by atoms with E-state index in [0.29, 0.717) is 18.6 Å². The van der Waals surface area contributed by atoms with Crippen LogP contribution in [0.4, 0.5) is 0 Å². The standard InChI is InChI=1S/C15H21NO4/c1-11(7-6-10-14(17)18)16-15(19)12(2)20-13-8-4-3-5-9-13/h3-5,8-9,11-12H,6-7,10H2,1-2H3,(H,16,19)(H,17,18). The number of carboxylic acid groups (broad SMARTS) is 1. The highest BCUT2D eigenvalue weighted by Crippen LogP contribution is 2.11. The van der Waals surface area contributed by atoms with Gasteiger partial charge in [-0.1, -0.05) is 18.2 Å². The molecule has 0 aliphatic rings. The molecule has 2 N–H and O–H groups in total. The Bertz CT molecular complexity index is 433. The van der Waals surface area contributed by atoms with Gasteiger partial charge in [0.1, 0.15) is 5.75 Å². The fraction of sp³-hybridized carbons (Fsp3) is 0.467. The average molecular weight is 279 g/mol. The van der Waals surface area contributed by atoms with Crippen molar-refractivity contribution in [2.24, 2.45) is 0 Å². The van der Waals surface area contributed by atoms with Gasteiger partial charge in [-0.05, 0) is 38.8 Å². The van der Waals surface area contributed by atoms with Crippen LogP contribution in [0.2, 0.25) is 0 Å². The van der Waals surface area contributed by atoms with Crippen LogP contribution in [0, 0.1) is 0 Å². The summed E-state index contributed by atoms with van der Waals surface area (Å²) >= 11 is 0. The highest BCUT2D eigenvalue weighted by Gasteiger charge is 2.16. The minimum atomic E-state index is -0.815. The molecule has 0 saturated heterocycles. The number of ether oxygens (including phenoxy) is 1. The van der Waals surface area contributed by atoms with E-state index in [0.717, 1.165) is 0 Å². The maximum Gasteiger partial charge on any atom is 0.303 e. The Balaban J connectivity index is 2.32. The maximum absolute atomic E-state index is 11.9. The zero-order chi connectivity index (χ0) is 15.0. The summed E-state index contributed by atoms with van der Waals surface area (Å²) in [7, 11) is 0. The second-order valence-electron chi connectivity index (χ2n) is 4.77. The van der Waals surface area contributed by atoms with E-state index >= 15 is 0 Å². The van der Waals surface area contributed by atoms with E-state index in [9.17, 15) is 9.59 Å². The van der Waals surface area contributed by atoms with E-state index in [1.54, 1.807) is 19.1 Å². The third-order valence-electron chi connectivity index (χ3n) is 2.84. The zero-order valence-electron chi connectivity index (χ0n) is 11.8. The Kier molecular flexibility index (Phi) is 6.56. The molecule has 0 fully saturated rings. The first kappa shape index (κ1) is 16.0. The third-order valence-corrected chi connectivity index (χ3v) is 2.84. The lowest BCUT2D eigenvalue weighted by Crippen LogP contribution is -2.41. The van der Waals surface area contributed by atoms with Gasteiger partial charge in [-0.3, -0.25) is 9.59 Å². The lowest BCUT2D eigenvalue weighted by Gasteiger charge is -2.18. The molecule has 0 saturated carbocycles. The van der Waals surface area contributed by atoms with Crippen molar-refractivity contribution in [2.75, 3.05) is 0 Å². The van der Waals surface area contributed by atoms with Crippen molar-refractivity contribution in [3.8, 4) is 5.75 Å². The number of aliphatic carboxylic acids is 1. The molecule has 0 spiro atoms. The van der Waals surface area contributed by atoms with Crippen LogP contribution in [0.1, 0.15) is 33.1 Å². The van der Waals surface area contributed by atoms with Gasteiger partial charge in [0.15, 0.2) is 6.10 Å². The highest BCUT2D eigenvalue weighted by molar-refractivity contribution is 5.80. The SMILES string of the molecule is CC(CCCC(=O)O)NC(=O)C(C)Oc1ccccc1. The normalized spacial score (nSPS) is 13.3. The monoisotopic (exact) mass is 279 g/mol. The average Bonchev–Trinajstić information content (AvgIpc) is 2.39. The Morgan fingerprint density at radius 1 is 1.25 bits per heavy atom. The molecule has 2 atom stereocenters. The lowest BCUT2D eigenvalue weighted by atomic mass is 10.1. The first-order valence-corrected chi connectivity index (χ1v) is 6.73. The number of hydrogen-bond acceptors (Lipinski definition) is 3. The van der Waals surface area contributed by atoms with Crippen LogP contribution in [-0.4, -0.2) is 29.1 Å². The summed E-state index contributed by atoms with van der Waals surface area (Å²) in [4.78, 5) is 22.3. The molecule has 1 amide bonds. The van der Waals surface area contributed by atoms with Crippen molar-refractivity contribution < 1.29 is 19.4 Å². The molecule has 20 heavy (non-hydrogen) atoms. The topological polar surface area (TPSA) is 75.6 Å². The molecule has 1 aromatic rings. The number of carbonyl (C=O) groups excluding carboxylic acids is 1. The van der Waals surface area contributed by atoms with Crippen LogP contribution in [-0.2, 0) is 9.59 Å². The molecule has 5 nitrogen and oxygen atoms in total. The van der Waals surface area contributed by atoms with Crippen molar-refractivity contribution in [3.05, 3.63) is 30.3 Å². The van der Waals surface area contributed by atoms with Crippen LogP contribution in [0.5, 0.6) is 5.75 Å². The fourth-order valence-corrected chi connectivity index (χ4v) is 1.75. The van der Waals surface area contributed by atoms with Crippen LogP contribution in [0.25, 0.3) is 0 Å². The molecule has 0 aromatic heterocycles. The summed E-state index contributed by atoms with van der Waals surface area (Å²) in [5.41, 5.74) is 0. The smallest absolute Gasteiger partial charge is 0.303 e. The maximum atomic E-state index is 11.9. The molecule has 2 unspecified atom stereocenters. The molecule has 0 radical (unpaired) electrons. The molecule has 5 heteroatoms. The van der Waals surface area contributed by atoms with E-state index in [1.165, 1.54) is 0 Å². The number of hydrogen-bond donors (Lipinski definition) is 2. The van der Waals surface area contributed by atoms with Crippen LogP contribution in [0.3, 0.4) is 0 Å². The minimum absolute atomic E-state index is 0.0660. The summed E-state index contributed by atoms with van der Waals surface area (Å²) < 4.78 is 5.51. The quantitative estimate of drug-likeness (QED) is 0.765. The van der Waals surface area contributed by atoms with Crippen molar-refractivity contribution in [2.45, 2.75) is 45.3 Å². The zero-order valence-corrected chi connectivity index (χ0v) is 11.8. The van der Waals surface area contributed by atoms with Crippen LogP contribution >= 0.6 is 0 Å². The molecule has 0 aliphatic heterocycles. The third kappa shape index (κ3) is 6.22. The number of amides is 1. The number of rotatable bonds is 8. The minimum Gasteiger partial charge on any atom is -0.481 e. The number of benzene rings is 1. The molecule has 0 aliphatic carbocycles. The van der Waals surface area contributed by atoms with Crippen molar-refractivity contribution in [1.82, 2.24) is 5.32 Å². The molecular weight excluding hydrogens is 258 g/mol. The van der Waals surface area contributed by atoms with Crippen LogP contribution < -0.4 is 10.1 Å². The van der Waals surface area contributed by atoms with Gasteiger partial charge in [0, 0.05) is 12.5 Å². The van der Waals surface area contributed by atoms with Gasteiger partial charge in [0.25, 0.3) is 5.91 Å². The predicted octanol–water partition coefficient (Wildman–Crippen LogP) is 2.21. The van der Waals surface area contributed by atoms with E-state index in [2.05, 4.69) is 5.32 Å². The summed E-state index contributed by atoms with van der Waals surface area (Å²) in [6.07, 6.45) is 0.719. The lowest BCUT2D eigenvalue weighted by molar-refractivity contribution is -0.137. The van der Waals surface area contributed by atoms with Crippen molar-refractivity contribution >= 4 is 11.9 Å². The van der Waals surface area contributed by atoms with Crippen molar-refractivity contribution in [3.63, 3.8) is 0 Å². The molecule has 110 valence electrons. The second kappa shape index (κ2) is 8.19. The largest absolute Gasteiger partial charge is 0.481 e. The second-order valence-corrected chi connectivity index (χ2v) is 4.77. The van der Waals surface area contributed by atoms with Gasteiger partial charge < -0.3 is 15.2 Å².